The Labute approximate surface area is 104 Å². The van der Waals surface area contributed by atoms with Crippen LogP contribution in [-0.4, -0.2) is 24.4 Å². The summed E-state index contributed by atoms with van der Waals surface area (Å²) in [5.74, 6) is 0. The van der Waals surface area contributed by atoms with Crippen molar-refractivity contribution in [2.45, 2.75) is 19.6 Å². The molecule has 0 spiro atoms. The van der Waals surface area contributed by atoms with E-state index < -0.39 is 0 Å². The summed E-state index contributed by atoms with van der Waals surface area (Å²) in [7, 11) is 0. The molecule has 1 aromatic heterocycles. The first-order valence-electron chi connectivity index (χ1n) is 5.97. The van der Waals surface area contributed by atoms with Crippen LogP contribution in [0.15, 0.2) is 17.6 Å². The fourth-order valence-corrected chi connectivity index (χ4v) is 2.95. The van der Waals surface area contributed by atoms with Crippen LogP contribution in [0.1, 0.15) is 12.5 Å². The summed E-state index contributed by atoms with van der Waals surface area (Å²) in [5, 5.41) is 10.2. The van der Waals surface area contributed by atoms with Crippen molar-refractivity contribution in [3.05, 3.63) is 23.2 Å². The maximum absolute atomic E-state index is 4.46. The molecule has 3 N–H and O–H groups in total. The number of aromatic nitrogens is 1. The standard InChI is InChI=1S/C12H16N4S/c1-2-8-9(16-12-13-5-6-14-12)3-4-10-11(8)15-7-17-10/h3-4,7,12-14,16H,2,5-6H2,1H3. The van der Waals surface area contributed by atoms with Crippen molar-refractivity contribution >= 4 is 27.2 Å². The Balaban J connectivity index is 1.96. The van der Waals surface area contributed by atoms with Crippen molar-refractivity contribution in [2.75, 3.05) is 18.4 Å². The van der Waals surface area contributed by atoms with E-state index in [0.29, 0.717) is 0 Å². The first-order valence-corrected chi connectivity index (χ1v) is 6.85. The molecule has 0 atom stereocenters. The van der Waals surface area contributed by atoms with Gasteiger partial charge in [0.25, 0.3) is 0 Å². The predicted octanol–water partition coefficient (Wildman–Crippen LogP) is 1.75. The zero-order chi connectivity index (χ0) is 11.7. The van der Waals surface area contributed by atoms with E-state index in [1.54, 1.807) is 11.3 Å². The lowest BCUT2D eigenvalue weighted by atomic mass is 10.1. The fraction of sp³-hybridized carbons (Fsp3) is 0.417. The van der Waals surface area contributed by atoms with Crippen LogP contribution in [0.25, 0.3) is 10.2 Å². The highest BCUT2D eigenvalue weighted by atomic mass is 32.1. The fourth-order valence-electron chi connectivity index (χ4n) is 2.24. The second kappa shape index (κ2) is 4.60. The van der Waals surface area contributed by atoms with Crippen molar-refractivity contribution < 1.29 is 0 Å². The molecule has 1 aliphatic rings. The van der Waals surface area contributed by atoms with E-state index in [2.05, 4.69) is 40.0 Å². The molecule has 0 bridgehead atoms. The van der Waals surface area contributed by atoms with Gasteiger partial charge in [0.05, 0.1) is 15.7 Å². The first kappa shape index (κ1) is 11.0. The molecule has 1 aromatic carbocycles. The van der Waals surface area contributed by atoms with Crippen molar-refractivity contribution in [1.82, 2.24) is 15.6 Å². The van der Waals surface area contributed by atoms with Gasteiger partial charge >= 0.3 is 0 Å². The monoisotopic (exact) mass is 248 g/mol. The Kier molecular flexibility index (Phi) is 2.96. The molecular formula is C12H16N4S. The average Bonchev–Trinajstić information content (AvgIpc) is 2.98. The van der Waals surface area contributed by atoms with Gasteiger partial charge in [-0.05, 0) is 18.6 Å². The van der Waals surface area contributed by atoms with E-state index in [9.17, 15) is 0 Å². The highest BCUT2D eigenvalue weighted by Gasteiger charge is 2.15. The minimum Gasteiger partial charge on any atom is -0.357 e. The number of thiazole rings is 1. The van der Waals surface area contributed by atoms with Gasteiger partial charge in [0.15, 0.2) is 0 Å². The van der Waals surface area contributed by atoms with E-state index in [0.717, 1.165) is 25.0 Å². The van der Waals surface area contributed by atoms with E-state index in [1.807, 2.05) is 5.51 Å². The Bertz CT molecular complexity index is 516. The molecule has 3 rings (SSSR count). The second-order valence-corrected chi connectivity index (χ2v) is 5.02. The van der Waals surface area contributed by atoms with E-state index in [4.69, 9.17) is 0 Å². The van der Waals surface area contributed by atoms with Crippen molar-refractivity contribution in [3.63, 3.8) is 0 Å². The number of nitrogens with one attached hydrogen (secondary N) is 3. The molecule has 90 valence electrons. The van der Waals surface area contributed by atoms with Gasteiger partial charge in [-0.1, -0.05) is 6.92 Å². The van der Waals surface area contributed by atoms with Gasteiger partial charge in [-0.2, -0.15) is 0 Å². The third-order valence-corrected chi connectivity index (χ3v) is 3.88. The Hall–Kier alpha value is -1.17. The molecule has 4 nitrogen and oxygen atoms in total. The normalized spacial score (nSPS) is 16.8. The molecule has 17 heavy (non-hydrogen) atoms. The lowest BCUT2D eigenvalue weighted by molar-refractivity contribution is 0.620. The first-order chi connectivity index (χ1) is 8.38. The summed E-state index contributed by atoms with van der Waals surface area (Å²) in [5.41, 5.74) is 5.54. The minimum atomic E-state index is 0.177. The van der Waals surface area contributed by atoms with Gasteiger partial charge < -0.3 is 5.32 Å². The molecule has 2 aromatic rings. The molecular weight excluding hydrogens is 232 g/mol. The zero-order valence-electron chi connectivity index (χ0n) is 9.79. The topological polar surface area (TPSA) is 49.0 Å². The number of rotatable bonds is 3. The average molecular weight is 248 g/mol. The third-order valence-electron chi connectivity index (χ3n) is 3.08. The van der Waals surface area contributed by atoms with Crippen LogP contribution in [0, 0.1) is 0 Å². The lowest BCUT2D eigenvalue weighted by Crippen LogP contribution is -2.39. The van der Waals surface area contributed by atoms with E-state index in [1.165, 1.54) is 16.0 Å². The molecule has 0 radical (unpaired) electrons. The van der Waals surface area contributed by atoms with Crippen molar-refractivity contribution in [1.29, 1.82) is 0 Å². The van der Waals surface area contributed by atoms with Gasteiger partial charge in [0.2, 0.25) is 0 Å². The molecule has 0 unspecified atom stereocenters. The van der Waals surface area contributed by atoms with Crippen LogP contribution in [0.3, 0.4) is 0 Å². The van der Waals surface area contributed by atoms with Crippen LogP contribution in [0.5, 0.6) is 0 Å². The molecule has 2 heterocycles. The van der Waals surface area contributed by atoms with Gasteiger partial charge in [0, 0.05) is 24.3 Å². The van der Waals surface area contributed by atoms with Gasteiger partial charge in [0.1, 0.15) is 6.29 Å². The number of hydrogen-bond donors (Lipinski definition) is 3. The number of aryl methyl sites for hydroxylation is 1. The Morgan fingerprint density at radius 3 is 3.00 bits per heavy atom. The Morgan fingerprint density at radius 1 is 1.41 bits per heavy atom. The molecule has 1 fully saturated rings. The number of anilines is 1. The summed E-state index contributed by atoms with van der Waals surface area (Å²) in [6.07, 6.45) is 1.17. The van der Waals surface area contributed by atoms with Crippen LogP contribution in [0.4, 0.5) is 5.69 Å². The number of hydrogen-bond acceptors (Lipinski definition) is 5. The number of benzene rings is 1. The molecule has 0 saturated carbocycles. The van der Waals surface area contributed by atoms with Crippen molar-refractivity contribution in [3.8, 4) is 0 Å². The van der Waals surface area contributed by atoms with Crippen LogP contribution >= 0.6 is 11.3 Å². The quantitative estimate of drug-likeness (QED) is 0.774. The van der Waals surface area contributed by atoms with Gasteiger partial charge in [-0.15, -0.1) is 11.3 Å². The van der Waals surface area contributed by atoms with Crippen molar-refractivity contribution in [2.24, 2.45) is 0 Å². The third kappa shape index (κ3) is 2.01. The van der Waals surface area contributed by atoms with E-state index >= 15 is 0 Å². The van der Waals surface area contributed by atoms with Crippen LogP contribution < -0.4 is 16.0 Å². The lowest BCUT2D eigenvalue weighted by Gasteiger charge is -2.17. The maximum Gasteiger partial charge on any atom is 0.132 e. The van der Waals surface area contributed by atoms with Gasteiger partial charge in [-0.3, -0.25) is 10.6 Å². The number of nitrogens with zero attached hydrogens (tertiary/aromatic N) is 1. The SMILES string of the molecule is CCc1c(NC2NCCN2)ccc2scnc12. The minimum absolute atomic E-state index is 0.177. The second-order valence-electron chi connectivity index (χ2n) is 4.13. The molecule has 0 amide bonds. The predicted molar refractivity (Wildman–Crippen MR) is 72.4 cm³/mol. The summed E-state index contributed by atoms with van der Waals surface area (Å²) in [4.78, 5) is 4.46. The van der Waals surface area contributed by atoms with Gasteiger partial charge in [-0.25, -0.2) is 4.98 Å². The van der Waals surface area contributed by atoms with E-state index in [-0.39, 0.29) is 6.29 Å². The maximum atomic E-state index is 4.46. The largest absolute Gasteiger partial charge is 0.357 e. The smallest absolute Gasteiger partial charge is 0.132 e. The summed E-state index contributed by atoms with van der Waals surface area (Å²) >= 11 is 1.70. The summed E-state index contributed by atoms with van der Waals surface area (Å²) < 4.78 is 1.26. The molecule has 1 aliphatic heterocycles. The Morgan fingerprint density at radius 2 is 2.24 bits per heavy atom. The molecule has 5 heteroatoms. The molecule has 0 aliphatic carbocycles. The van der Waals surface area contributed by atoms with Crippen LogP contribution in [-0.2, 0) is 6.42 Å². The number of fused-ring (bicyclic) bond motifs is 1. The summed E-state index contributed by atoms with van der Waals surface area (Å²) in [6, 6.07) is 4.30. The highest BCUT2D eigenvalue weighted by Crippen LogP contribution is 2.28. The summed E-state index contributed by atoms with van der Waals surface area (Å²) in [6.45, 7) is 4.20. The molecule has 1 saturated heterocycles. The van der Waals surface area contributed by atoms with Crippen LogP contribution in [0.2, 0.25) is 0 Å². The highest BCUT2D eigenvalue weighted by molar-refractivity contribution is 7.16. The zero-order valence-corrected chi connectivity index (χ0v) is 10.6.